The lowest BCUT2D eigenvalue weighted by Gasteiger charge is -2.12. The lowest BCUT2D eigenvalue weighted by atomic mass is 10.1. The summed E-state index contributed by atoms with van der Waals surface area (Å²) >= 11 is 6.60. The summed E-state index contributed by atoms with van der Waals surface area (Å²) in [6.07, 6.45) is 1.84. The van der Waals surface area contributed by atoms with Gasteiger partial charge >= 0.3 is 0 Å². The van der Waals surface area contributed by atoms with Gasteiger partial charge in [0.2, 0.25) is 0 Å². The highest BCUT2D eigenvalue weighted by molar-refractivity contribution is 8.26. The van der Waals surface area contributed by atoms with Crippen molar-refractivity contribution in [2.45, 2.75) is 20.8 Å². The van der Waals surface area contributed by atoms with Crippen LogP contribution in [0.1, 0.15) is 23.6 Å². The minimum Gasteiger partial charge on any atom is -0.490 e. The van der Waals surface area contributed by atoms with Gasteiger partial charge in [0, 0.05) is 12.1 Å². The average Bonchev–Trinajstić information content (AvgIpc) is 2.92. The fourth-order valence-electron chi connectivity index (χ4n) is 2.97. The smallest absolute Gasteiger partial charge is 0.266 e. The Labute approximate surface area is 175 Å². The number of thioether (sulfide) groups is 1. The van der Waals surface area contributed by atoms with Crippen molar-refractivity contribution in [2.24, 2.45) is 0 Å². The number of hydrogen-bond donors (Lipinski definition) is 0. The summed E-state index contributed by atoms with van der Waals surface area (Å²) in [6, 6.07) is 13.8. The van der Waals surface area contributed by atoms with E-state index in [2.05, 4.69) is 6.07 Å². The maximum atomic E-state index is 12.4. The fraction of sp³-hybridized carbons (Fsp3) is 0.273. The molecule has 4 nitrogen and oxygen atoms in total. The Morgan fingerprint density at radius 1 is 1.07 bits per heavy atom. The van der Waals surface area contributed by atoms with Crippen molar-refractivity contribution < 1.29 is 14.3 Å². The normalized spacial score (nSPS) is 15.4. The number of amides is 1. The highest BCUT2D eigenvalue weighted by Crippen LogP contribution is 2.34. The van der Waals surface area contributed by atoms with Crippen LogP contribution in [0, 0.1) is 13.8 Å². The van der Waals surface area contributed by atoms with Gasteiger partial charge in [-0.05, 0) is 56.2 Å². The quantitative estimate of drug-likeness (QED) is 0.364. The Kier molecular flexibility index (Phi) is 6.75. The van der Waals surface area contributed by atoms with Gasteiger partial charge in [-0.15, -0.1) is 0 Å². The predicted molar refractivity (Wildman–Crippen MR) is 119 cm³/mol. The molecular weight excluding hydrogens is 390 g/mol. The number of rotatable bonds is 7. The van der Waals surface area contributed by atoms with Gasteiger partial charge in [-0.3, -0.25) is 9.69 Å². The van der Waals surface area contributed by atoms with Crippen molar-refractivity contribution in [1.29, 1.82) is 0 Å². The summed E-state index contributed by atoms with van der Waals surface area (Å²) in [6.45, 7) is 7.45. The Morgan fingerprint density at radius 2 is 1.75 bits per heavy atom. The van der Waals surface area contributed by atoms with Gasteiger partial charge in [-0.1, -0.05) is 48.2 Å². The molecule has 0 aromatic heterocycles. The SMILES string of the molecule is CCN1C(=O)/C(=C/c2ccccc2OCCOc2cc(C)cc(C)c2)SC1=S. The lowest BCUT2D eigenvalue weighted by Crippen LogP contribution is -2.27. The summed E-state index contributed by atoms with van der Waals surface area (Å²) in [5, 5.41) is 0. The molecule has 0 atom stereocenters. The predicted octanol–water partition coefficient (Wildman–Crippen LogP) is 4.98. The number of nitrogens with zero attached hydrogens (tertiary/aromatic N) is 1. The van der Waals surface area contributed by atoms with E-state index in [1.165, 1.54) is 22.9 Å². The molecule has 1 heterocycles. The van der Waals surface area contributed by atoms with Gasteiger partial charge < -0.3 is 9.47 Å². The van der Waals surface area contributed by atoms with Crippen LogP contribution in [0.3, 0.4) is 0 Å². The van der Waals surface area contributed by atoms with Crippen LogP contribution in [-0.2, 0) is 4.79 Å². The molecule has 6 heteroatoms. The molecule has 2 aromatic rings. The van der Waals surface area contributed by atoms with Gasteiger partial charge in [0.05, 0.1) is 4.91 Å². The Hall–Kier alpha value is -2.31. The van der Waals surface area contributed by atoms with E-state index in [0.29, 0.717) is 34.7 Å². The van der Waals surface area contributed by atoms with E-state index in [0.717, 1.165) is 11.3 Å². The van der Waals surface area contributed by atoms with Crippen molar-refractivity contribution in [3.8, 4) is 11.5 Å². The van der Waals surface area contributed by atoms with Crippen LogP contribution in [0.5, 0.6) is 11.5 Å². The molecule has 0 saturated carbocycles. The molecule has 0 N–H and O–H groups in total. The summed E-state index contributed by atoms with van der Waals surface area (Å²) in [7, 11) is 0. The van der Waals surface area contributed by atoms with Crippen LogP contribution in [0.25, 0.3) is 6.08 Å². The third-order valence-corrected chi connectivity index (χ3v) is 5.58. The van der Waals surface area contributed by atoms with Crippen molar-refractivity contribution in [3.63, 3.8) is 0 Å². The van der Waals surface area contributed by atoms with Crippen molar-refractivity contribution in [1.82, 2.24) is 4.90 Å². The zero-order valence-corrected chi connectivity index (χ0v) is 17.9. The number of benzene rings is 2. The number of ether oxygens (including phenoxy) is 2. The molecule has 3 rings (SSSR count). The van der Waals surface area contributed by atoms with Gasteiger partial charge in [0.1, 0.15) is 29.0 Å². The second kappa shape index (κ2) is 9.26. The third-order valence-electron chi connectivity index (χ3n) is 4.20. The van der Waals surface area contributed by atoms with E-state index < -0.39 is 0 Å². The molecule has 0 aliphatic carbocycles. The van der Waals surface area contributed by atoms with E-state index in [1.54, 1.807) is 4.90 Å². The van der Waals surface area contributed by atoms with Crippen molar-refractivity contribution >= 4 is 40.3 Å². The molecule has 0 unspecified atom stereocenters. The molecule has 1 amide bonds. The maximum absolute atomic E-state index is 12.4. The largest absolute Gasteiger partial charge is 0.490 e. The number of carbonyl (C=O) groups excluding carboxylic acids is 1. The molecule has 1 aliphatic rings. The maximum Gasteiger partial charge on any atom is 0.266 e. The number of thiocarbonyl (C=S) groups is 1. The van der Waals surface area contributed by atoms with E-state index in [-0.39, 0.29) is 5.91 Å². The highest BCUT2D eigenvalue weighted by Gasteiger charge is 2.30. The first-order valence-electron chi connectivity index (χ1n) is 9.16. The van der Waals surface area contributed by atoms with E-state index in [9.17, 15) is 4.79 Å². The monoisotopic (exact) mass is 413 g/mol. The lowest BCUT2D eigenvalue weighted by molar-refractivity contribution is -0.121. The first-order chi connectivity index (χ1) is 13.5. The molecule has 0 spiro atoms. The summed E-state index contributed by atoms with van der Waals surface area (Å²) in [4.78, 5) is 14.6. The van der Waals surface area contributed by atoms with E-state index in [4.69, 9.17) is 21.7 Å². The summed E-state index contributed by atoms with van der Waals surface area (Å²) < 4.78 is 12.3. The van der Waals surface area contributed by atoms with Crippen molar-refractivity contribution in [3.05, 3.63) is 64.1 Å². The molecule has 28 heavy (non-hydrogen) atoms. The Bertz CT molecular complexity index is 903. The first-order valence-corrected chi connectivity index (χ1v) is 10.4. The fourth-order valence-corrected chi connectivity index (χ4v) is 4.35. The highest BCUT2D eigenvalue weighted by atomic mass is 32.2. The van der Waals surface area contributed by atoms with Gasteiger partial charge in [0.15, 0.2) is 0 Å². The second-order valence-electron chi connectivity index (χ2n) is 6.48. The molecule has 0 bridgehead atoms. The van der Waals surface area contributed by atoms with Crippen LogP contribution < -0.4 is 9.47 Å². The standard InChI is InChI=1S/C22H23NO3S2/c1-4-23-21(24)20(28-22(23)27)14-17-7-5-6-8-19(17)26-10-9-25-18-12-15(2)11-16(3)13-18/h5-8,11-14H,4,9-10H2,1-3H3/b20-14-. The molecule has 1 saturated heterocycles. The van der Waals surface area contributed by atoms with E-state index >= 15 is 0 Å². The van der Waals surface area contributed by atoms with Crippen LogP contribution >= 0.6 is 24.0 Å². The van der Waals surface area contributed by atoms with Gasteiger partial charge in [-0.2, -0.15) is 0 Å². The summed E-state index contributed by atoms with van der Waals surface area (Å²) in [5.41, 5.74) is 3.20. The summed E-state index contributed by atoms with van der Waals surface area (Å²) in [5.74, 6) is 1.51. The molecule has 1 aliphatic heterocycles. The molecule has 146 valence electrons. The van der Waals surface area contributed by atoms with E-state index in [1.807, 2.05) is 63.2 Å². The Morgan fingerprint density at radius 3 is 2.43 bits per heavy atom. The van der Waals surface area contributed by atoms with Crippen LogP contribution in [-0.4, -0.2) is 34.9 Å². The number of para-hydroxylation sites is 1. The molecule has 2 aromatic carbocycles. The van der Waals surface area contributed by atoms with Gasteiger partial charge in [-0.25, -0.2) is 0 Å². The van der Waals surface area contributed by atoms with Gasteiger partial charge in [0.25, 0.3) is 5.91 Å². The minimum atomic E-state index is -0.0505. The second-order valence-corrected chi connectivity index (χ2v) is 8.16. The number of aryl methyl sites for hydroxylation is 2. The molecule has 1 fully saturated rings. The zero-order valence-electron chi connectivity index (χ0n) is 16.2. The number of hydrogen-bond acceptors (Lipinski definition) is 5. The third kappa shape index (κ3) is 4.94. The van der Waals surface area contributed by atoms with Crippen molar-refractivity contribution in [2.75, 3.05) is 19.8 Å². The Balaban J connectivity index is 1.64. The minimum absolute atomic E-state index is 0.0505. The topological polar surface area (TPSA) is 38.8 Å². The number of carbonyl (C=O) groups is 1. The van der Waals surface area contributed by atoms with Crippen LogP contribution in [0.2, 0.25) is 0 Å². The van der Waals surface area contributed by atoms with Crippen LogP contribution in [0.15, 0.2) is 47.4 Å². The first kappa shape index (κ1) is 20.4. The van der Waals surface area contributed by atoms with Crippen LogP contribution in [0.4, 0.5) is 0 Å². The molecular formula is C22H23NO3S2. The average molecular weight is 414 g/mol. The molecule has 0 radical (unpaired) electrons. The zero-order chi connectivity index (χ0) is 20.1. The number of likely N-dealkylation sites (N-methyl/N-ethyl adjacent to an activating group) is 1.